The van der Waals surface area contributed by atoms with Gasteiger partial charge in [0.1, 0.15) is 6.61 Å². The molecule has 0 bridgehead atoms. The first-order chi connectivity index (χ1) is 10.5. The van der Waals surface area contributed by atoms with Gasteiger partial charge in [-0.1, -0.05) is 6.92 Å². The third-order valence-electron chi connectivity index (χ3n) is 3.29. The van der Waals surface area contributed by atoms with E-state index >= 15 is 0 Å². The molecule has 0 amide bonds. The number of rotatable bonds is 4. The molecule has 0 aliphatic carbocycles. The molecule has 0 radical (unpaired) electrons. The lowest BCUT2D eigenvalue weighted by atomic mass is 10.2. The zero-order valence-electron chi connectivity index (χ0n) is 11.8. The van der Waals surface area contributed by atoms with Crippen molar-refractivity contribution in [3.63, 3.8) is 0 Å². The molecular weight excluding hydrogens is 308 g/mol. The molecule has 3 rings (SSSR count). The monoisotopic (exact) mass is 322 g/mol. The topological polar surface area (TPSA) is 117 Å². The van der Waals surface area contributed by atoms with E-state index in [4.69, 9.17) is 5.11 Å². The van der Waals surface area contributed by atoms with E-state index in [1.807, 2.05) is 0 Å². The van der Waals surface area contributed by atoms with Gasteiger partial charge in [-0.2, -0.15) is 4.52 Å². The smallest absolute Gasteiger partial charge is 0.348 e. The Morgan fingerprint density at radius 2 is 2.14 bits per heavy atom. The third kappa shape index (κ3) is 2.28. The lowest BCUT2D eigenvalue weighted by molar-refractivity contribution is 0.271. The van der Waals surface area contributed by atoms with Crippen LogP contribution in [0.5, 0.6) is 0 Å². The van der Waals surface area contributed by atoms with Crippen molar-refractivity contribution in [1.29, 1.82) is 0 Å². The maximum Gasteiger partial charge on any atom is 0.348 e. The molecule has 0 unspecified atom stereocenters. The molecule has 0 spiro atoms. The van der Waals surface area contributed by atoms with Crippen molar-refractivity contribution in [2.45, 2.75) is 24.8 Å². The molecule has 116 valence electrons. The Hall–Kier alpha value is -2.26. The minimum atomic E-state index is -3.38. The molecule has 0 fully saturated rings. The van der Waals surface area contributed by atoms with Gasteiger partial charge in [0.15, 0.2) is 21.3 Å². The van der Waals surface area contributed by atoms with Gasteiger partial charge in [0.05, 0.1) is 16.2 Å². The molecule has 0 aliphatic heterocycles. The summed E-state index contributed by atoms with van der Waals surface area (Å²) in [5.41, 5.74) is 0.181. The van der Waals surface area contributed by atoms with Crippen molar-refractivity contribution >= 4 is 26.4 Å². The van der Waals surface area contributed by atoms with Crippen LogP contribution < -0.4 is 5.69 Å². The molecular formula is C13H14N4O4S. The number of aliphatic hydroxyl groups is 1. The van der Waals surface area contributed by atoms with Crippen molar-refractivity contribution in [1.82, 2.24) is 19.6 Å². The summed E-state index contributed by atoms with van der Waals surface area (Å²) >= 11 is 0. The molecule has 9 heteroatoms. The minimum Gasteiger partial charge on any atom is -0.388 e. The quantitative estimate of drug-likeness (QED) is 0.711. The Labute approximate surface area is 125 Å². The van der Waals surface area contributed by atoms with Gasteiger partial charge >= 0.3 is 5.69 Å². The summed E-state index contributed by atoms with van der Waals surface area (Å²) in [6.45, 7) is 1.39. The SMILES string of the molecule is CCCS(=O)(=O)c1ccc2[nH]c(=O)n3nc(CO)nc3c2c1. The fourth-order valence-corrected chi connectivity index (χ4v) is 3.65. The lowest BCUT2D eigenvalue weighted by Gasteiger charge is -2.05. The maximum absolute atomic E-state index is 12.2. The van der Waals surface area contributed by atoms with Gasteiger partial charge in [0.2, 0.25) is 0 Å². The van der Waals surface area contributed by atoms with Gasteiger partial charge < -0.3 is 10.1 Å². The van der Waals surface area contributed by atoms with E-state index in [0.717, 1.165) is 4.52 Å². The molecule has 8 nitrogen and oxygen atoms in total. The van der Waals surface area contributed by atoms with Gasteiger partial charge in [-0.05, 0) is 24.6 Å². The van der Waals surface area contributed by atoms with Gasteiger partial charge in [0, 0.05) is 5.39 Å². The number of nitrogens with zero attached hydrogens (tertiary/aromatic N) is 3. The molecule has 0 aliphatic rings. The maximum atomic E-state index is 12.2. The highest BCUT2D eigenvalue weighted by molar-refractivity contribution is 7.91. The largest absolute Gasteiger partial charge is 0.388 e. The molecule has 2 heterocycles. The van der Waals surface area contributed by atoms with Crippen molar-refractivity contribution in [2.24, 2.45) is 0 Å². The number of aromatic nitrogens is 4. The summed E-state index contributed by atoms with van der Waals surface area (Å²) in [4.78, 5) is 18.8. The van der Waals surface area contributed by atoms with Gasteiger partial charge in [-0.25, -0.2) is 18.2 Å². The van der Waals surface area contributed by atoms with Crippen molar-refractivity contribution in [3.05, 3.63) is 34.5 Å². The van der Waals surface area contributed by atoms with Crippen LogP contribution in [0, 0.1) is 0 Å². The minimum absolute atomic E-state index is 0.0483. The van der Waals surface area contributed by atoms with Gasteiger partial charge in [0.25, 0.3) is 0 Å². The van der Waals surface area contributed by atoms with Gasteiger partial charge in [-0.3, -0.25) is 0 Å². The molecule has 3 aromatic rings. The molecule has 2 aromatic heterocycles. The Bertz CT molecular complexity index is 1020. The predicted octanol–water partition coefficient (Wildman–Crippen LogP) is 0.247. The van der Waals surface area contributed by atoms with E-state index in [2.05, 4.69) is 15.1 Å². The number of hydrogen-bond donors (Lipinski definition) is 2. The number of aliphatic hydroxyl groups excluding tert-OH is 1. The Morgan fingerprint density at radius 1 is 1.36 bits per heavy atom. The fourth-order valence-electron chi connectivity index (χ4n) is 2.30. The number of H-pyrrole nitrogens is 1. The third-order valence-corrected chi connectivity index (χ3v) is 5.21. The standard InChI is InChI=1S/C13H14N4O4S/c1-2-5-22(20,21)8-3-4-10-9(6-8)12-15-11(7-18)16-17(12)13(19)14-10/h3-4,6,18H,2,5,7H2,1H3,(H,14,19). The molecule has 1 aromatic carbocycles. The van der Waals surface area contributed by atoms with E-state index in [9.17, 15) is 13.2 Å². The summed E-state index contributed by atoms with van der Waals surface area (Å²) in [6, 6.07) is 4.47. The van der Waals surface area contributed by atoms with E-state index in [1.165, 1.54) is 18.2 Å². The van der Waals surface area contributed by atoms with Crippen molar-refractivity contribution in [3.8, 4) is 0 Å². The first-order valence-electron chi connectivity index (χ1n) is 6.71. The number of nitrogens with one attached hydrogen (secondary N) is 1. The van der Waals surface area contributed by atoms with E-state index in [-0.39, 0.29) is 22.1 Å². The van der Waals surface area contributed by atoms with Crippen LogP contribution in [-0.4, -0.2) is 38.9 Å². The van der Waals surface area contributed by atoms with Crippen LogP contribution in [0.3, 0.4) is 0 Å². The van der Waals surface area contributed by atoms with Crippen LogP contribution in [0.15, 0.2) is 27.9 Å². The van der Waals surface area contributed by atoms with Gasteiger partial charge in [-0.15, -0.1) is 5.10 Å². The summed E-state index contributed by atoms with van der Waals surface area (Å²) in [5.74, 6) is 0.145. The fraction of sp³-hybridized carbons (Fsp3) is 0.308. The number of benzene rings is 1. The summed E-state index contributed by atoms with van der Waals surface area (Å²) in [7, 11) is -3.38. The van der Waals surface area contributed by atoms with Crippen LogP contribution in [0.4, 0.5) is 0 Å². The lowest BCUT2D eigenvalue weighted by Crippen LogP contribution is -2.17. The average Bonchev–Trinajstić information content (AvgIpc) is 2.92. The zero-order chi connectivity index (χ0) is 15.9. The summed E-state index contributed by atoms with van der Waals surface area (Å²) in [5, 5.41) is 13.4. The highest BCUT2D eigenvalue weighted by Gasteiger charge is 2.16. The average molecular weight is 322 g/mol. The van der Waals surface area contributed by atoms with E-state index < -0.39 is 22.1 Å². The second-order valence-corrected chi connectivity index (χ2v) is 6.99. The molecule has 0 saturated heterocycles. The number of aromatic amines is 1. The number of fused-ring (bicyclic) bond motifs is 3. The normalized spacial score (nSPS) is 12.3. The van der Waals surface area contributed by atoms with Crippen molar-refractivity contribution < 1.29 is 13.5 Å². The highest BCUT2D eigenvalue weighted by atomic mass is 32.2. The first-order valence-corrected chi connectivity index (χ1v) is 8.37. The molecule has 0 saturated carbocycles. The first kappa shape index (κ1) is 14.7. The second-order valence-electron chi connectivity index (χ2n) is 4.88. The van der Waals surface area contributed by atoms with E-state index in [1.54, 1.807) is 6.92 Å². The molecule has 2 N–H and O–H groups in total. The van der Waals surface area contributed by atoms with Crippen LogP contribution in [0.2, 0.25) is 0 Å². The zero-order valence-corrected chi connectivity index (χ0v) is 12.6. The van der Waals surface area contributed by atoms with E-state index in [0.29, 0.717) is 17.3 Å². The number of sulfone groups is 1. The van der Waals surface area contributed by atoms with Crippen LogP contribution >= 0.6 is 0 Å². The summed E-state index contributed by atoms with van der Waals surface area (Å²) in [6.07, 6.45) is 0.515. The second kappa shape index (κ2) is 5.18. The van der Waals surface area contributed by atoms with Crippen LogP contribution in [0.25, 0.3) is 16.6 Å². The molecule has 22 heavy (non-hydrogen) atoms. The highest BCUT2D eigenvalue weighted by Crippen LogP contribution is 2.21. The predicted molar refractivity (Wildman–Crippen MR) is 79.4 cm³/mol. The Kier molecular flexibility index (Phi) is 3.45. The Balaban J connectivity index is 2.35. The van der Waals surface area contributed by atoms with Crippen molar-refractivity contribution in [2.75, 3.05) is 5.75 Å². The van der Waals surface area contributed by atoms with Crippen LogP contribution in [0.1, 0.15) is 19.2 Å². The summed E-state index contributed by atoms with van der Waals surface area (Å²) < 4.78 is 25.4. The van der Waals surface area contributed by atoms with Crippen LogP contribution in [-0.2, 0) is 16.4 Å². The number of hydrogen-bond acceptors (Lipinski definition) is 6. The molecule has 0 atom stereocenters. The Morgan fingerprint density at radius 3 is 2.82 bits per heavy atom.